The van der Waals surface area contributed by atoms with Gasteiger partial charge in [-0.05, 0) is 48.2 Å². The Kier molecular flexibility index (Phi) is 5.64. The molecule has 0 spiro atoms. The summed E-state index contributed by atoms with van der Waals surface area (Å²) in [5.41, 5.74) is 1.77. The molecule has 29 heavy (non-hydrogen) atoms. The zero-order valence-corrected chi connectivity index (χ0v) is 16.0. The molecule has 0 saturated carbocycles. The lowest BCUT2D eigenvalue weighted by atomic mass is 9.96. The van der Waals surface area contributed by atoms with E-state index in [1.54, 1.807) is 11.0 Å². The van der Waals surface area contributed by atoms with Crippen molar-refractivity contribution >= 4 is 11.8 Å². The van der Waals surface area contributed by atoms with Crippen LogP contribution in [0, 0.1) is 11.7 Å². The summed E-state index contributed by atoms with van der Waals surface area (Å²) in [6.45, 7) is 1.48. The number of hydrogen-bond acceptors (Lipinski definition) is 4. The van der Waals surface area contributed by atoms with Gasteiger partial charge in [0, 0.05) is 26.1 Å². The summed E-state index contributed by atoms with van der Waals surface area (Å²) in [7, 11) is 0. The van der Waals surface area contributed by atoms with Crippen LogP contribution in [0.5, 0.6) is 11.5 Å². The molecule has 2 heterocycles. The van der Waals surface area contributed by atoms with E-state index in [9.17, 15) is 14.0 Å². The molecule has 4 rings (SSSR count). The monoisotopic (exact) mass is 398 g/mol. The Morgan fingerprint density at radius 2 is 2.00 bits per heavy atom. The number of carbonyl (C=O) groups is 2. The van der Waals surface area contributed by atoms with Crippen LogP contribution in [0.2, 0.25) is 0 Å². The van der Waals surface area contributed by atoms with Crippen LogP contribution in [0.25, 0.3) is 0 Å². The number of ether oxygens (including phenoxy) is 2. The number of carbonyl (C=O) groups excluding carboxylic acids is 2. The molecule has 0 bridgehead atoms. The van der Waals surface area contributed by atoms with E-state index in [-0.39, 0.29) is 30.3 Å². The number of hydrogen-bond donors (Lipinski definition) is 1. The average molecular weight is 398 g/mol. The fourth-order valence-electron chi connectivity index (χ4n) is 3.69. The molecule has 1 N–H and O–H groups in total. The van der Waals surface area contributed by atoms with Gasteiger partial charge in [-0.3, -0.25) is 9.59 Å². The maximum atomic E-state index is 13.3. The first-order chi connectivity index (χ1) is 14.1. The topological polar surface area (TPSA) is 67.9 Å². The van der Waals surface area contributed by atoms with E-state index in [1.807, 2.05) is 24.3 Å². The van der Waals surface area contributed by atoms with E-state index < -0.39 is 0 Å². The molecule has 0 radical (unpaired) electrons. The number of nitrogens with zero attached hydrogens (tertiary/aromatic N) is 1. The first kappa shape index (κ1) is 19.2. The van der Waals surface area contributed by atoms with Crippen molar-refractivity contribution in [3.05, 3.63) is 59.4 Å². The number of benzene rings is 2. The van der Waals surface area contributed by atoms with E-state index in [0.717, 1.165) is 11.1 Å². The first-order valence-corrected chi connectivity index (χ1v) is 9.77. The molecule has 2 aliphatic rings. The third kappa shape index (κ3) is 4.67. The van der Waals surface area contributed by atoms with Crippen molar-refractivity contribution in [2.24, 2.45) is 5.92 Å². The maximum absolute atomic E-state index is 13.3. The van der Waals surface area contributed by atoms with E-state index in [2.05, 4.69) is 5.32 Å². The van der Waals surface area contributed by atoms with Gasteiger partial charge in [0.1, 0.15) is 5.82 Å². The van der Waals surface area contributed by atoms with Crippen molar-refractivity contribution in [2.45, 2.75) is 25.8 Å². The Labute approximate surface area is 168 Å². The molecule has 2 amide bonds. The summed E-state index contributed by atoms with van der Waals surface area (Å²) in [6.07, 6.45) is 1.46. The zero-order valence-electron chi connectivity index (χ0n) is 16.0. The van der Waals surface area contributed by atoms with Crippen LogP contribution < -0.4 is 14.8 Å². The largest absolute Gasteiger partial charge is 0.454 e. The van der Waals surface area contributed by atoms with Gasteiger partial charge in [-0.25, -0.2) is 4.39 Å². The lowest BCUT2D eigenvalue weighted by Crippen LogP contribution is -2.46. The second-order valence-corrected chi connectivity index (χ2v) is 7.36. The minimum Gasteiger partial charge on any atom is -0.454 e. The first-order valence-electron chi connectivity index (χ1n) is 9.77. The van der Waals surface area contributed by atoms with E-state index in [4.69, 9.17) is 9.47 Å². The summed E-state index contributed by atoms with van der Waals surface area (Å²) >= 11 is 0. The average Bonchev–Trinajstić information content (AvgIpc) is 3.19. The van der Waals surface area contributed by atoms with Crippen molar-refractivity contribution in [3.63, 3.8) is 0 Å². The summed E-state index contributed by atoms with van der Waals surface area (Å²) in [5.74, 6) is 0.845. The summed E-state index contributed by atoms with van der Waals surface area (Å²) in [5, 5.41) is 2.95. The van der Waals surface area contributed by atoms with Crippen molar-refractivity contribution in [3.8, 4) is 11.5 Å². The third-order valence-corrected chi connectivity index (χ3v) is 5.33. The van der Waals surface area contributed by atoms with Crippen molar-refractivity contribution in [1.29, 1.82) is 0 Å². The molecule has 7 heteroatoms. The lowest BCUT2D eigenvalue weighted by Gasteiger charge is -2.32. The van der Waals surface area contributed by atoms with Gasteiger partial charge < -0.3 is 19.7 Å². The summed E-state index contributed by atoms with van der Waals surface area (Å²) in [4.78, 5) is 26.6. The number of rotatable bonds is 6. The number of nitrogens with one attached hydrogen (secondary N) is 1. The van der Waals surface area contributed by atoms with Gasteiger partial charge >= 0.3 is 0 Å². The number of piperidine rings is 1. The number of halogens is 1. The number of likely N-dealkylation sites (tertiary alicyclic amines) is 1. The van der Waals surface area contributed by atoms with Crippen LogP contribution in [0.1, 0.15) is 24.0 Å². The number of fused-ring (bicyclic) bond motifs is 1. The fourth-order valence-corrected chi connectivity index (χ4v) is 3.69. The smallest absolute Gasteiger partial charge is 0.231 e. The lowest BCUT2D eigenvalue weighted by molar-refractivity contribution is -0.138. The molecule has 0 aliphatic carbocycles. The highest BCUT2D eigenvalue weighted by molar-refractivity contribution is 5.83. The fraction of sp³-hybridized carbons (Fsp3) is 0.364. The van der Waals surface area contributed by atoms with Crippen LogP contribution in [0.4, 0.5) is 4.39 Å². The van der Waals surface area contributed by atoms with Gasteiger partial charge in [0.15, 0.2) is 11.5 Å². The van der Waals surface area contributed by atoms with Gasteiger partial charge in [-0.1, -0.05) is 18.2 Å². The predicted molar refractivity (Wildman–Crippen MR) is 104 cm³/mol. The zero-order chi connectivity index (χ0) is 20.2. The highest BCUT2D eigenvalue weighted by Crippen LogP contribution is 2.32. The van der Waals surface area contributed by atoms with Crippen LogP contribution in [0.15, 0.2) is 42.5 Å². The second-order valence-electron chi connectivity index (χ2n) is 7.36. The minimum atomic E-state index is -0.284. The molecular weight excluding hydrogens is 375 g/mol. The molecule has 0 aromatic heterocycles. The van der Waals surface area contributed by atoms with Gasteiger partial charge in [0.2, 0.25) is 18.6 Å². The number of amides is 2. The Morgan fingerprint density at radius 3 is 2.86 bits per heavy atom. The van der Waals surface area contributed by atoms with E-state index >= 15 is 0 Å². The van der Waals surface area contributed by atoms with Crippen molar-refractivity contribution < 1.29 is 23.5 Å². The third-order valence-electron chi connectivity index (χ3n) is 5.33. The Bertz CT molecular complexity index is 917. The summed E-state index contributed by atoms with van der Waals surface area (Å²) in [6, 6.07) is 12.0. The highest BCUT2D eigenvalue weighted by atomic mass is 19.1. The second kappa shape index (κ2) is 8.51. The van der Waals surface area contributed by atoms with Gasteiger partial charge in [0.05, 0.1) is 5.92 Å². The molecule has 152 valence electrons. The molecule has 6 nitrogen and oxygen atoms in total. The van der Waals surface area contributed by atoms with Gasteiger partial charge in [0.25, 0.3) is 0 Å². The minimum absolute atomic E-state index is 0.0428. The van der Waals surface area contributed by atoms with Gasteiger partial charge in [-0.15, -0.1) is 0 Å². The molecule has 1 fully saturated rings. The van der Waals surface area contributed by atoms with E-state index in [0.29, 0.717) is 50.4 Å². The van der Waals surface area contributed by atoms with Crippen LogP contribution in [0.3, 0.4) is 0 Å². The molecular formula is C22H23FN2O4. The molecule has 1 saturated heterocycles. The SMILES string of the molecule is O=C(NCc1ccc2c(c1)OCO2)[C@H]1CCC(=O)N(CCc2cccc(F)c2)C1. The van der Waals surface area contributed by atoms with E-state index in [1.165, 1.54) is 12.1 Å². The molecule has 2 aromatic rings. The molecule has 2 aliphatic heterocycles. The van der Waals surface area contributed by atoms with Gasteiger partial charge in [-0.2, -0.15) is 0 Å². The Morgan fingerprint density at radius 1 is 1.14 bits per heavy atom. The quantitative estimate of drug-likeness (QED) is 0.812. The molecule has 1 atom stereocenters. The predicted octanol–water partition coefficient (Wildman–Crippen LogP) is 2.65. The standard InChI is InChI=1S/C22H23FN2O4/c23-18-3-1-2-15(10-18)8-9-25-13-17(5-7-21(25)26)22(27)24-12-16-4-6-19-20(11-16)29-14-28-19/h1-4,6,10-11,17H,5,7-9,12-14H2,(H,24,27)/t17-/m0/s1. The normalized spacial score (nSPS) is 18.0. The summed E-state index contributed by atoms with van der Waals surface area (Å²) < 4.78 is 24.0. The van der Waals surface area contributed by atoms with Crippen LogP contribution >= 0.6 is 0 Å². The molecule has 2 aromatic carbocycles. The Hall–Kier alpha value is -3.09. The molecule has 0 unspecified atom stereocenters. The van der Waals surface area contributed by atoms with Crippen molar-refractivity contribution in [1.82, 2.24) is 10.2 Å². The Balaban J connectivity index is 1.30. The van der Waals surface area contributed by atoms with Crippen molar-refractivity contribution in [2.75, 3.05) is 19.9 Å². The van der Waals surface area contributed by atoms with Crippen LogP contribution in [-0.4, -0.2) is 36.6 Å². The maximum Gasteiger partial charge on any atom is 0.231 e. The highest BCUT2D eigenvalue weighted by Gasteiger charge is 2.30. The van der Waals surface area contributed by atoms with Crippen LogP contribution in [-0.2, 0) is 22.6 Å².